The minimum absolute atomic E-state index is 0.124. The monoisotopic (exact) mass is 249 g/mol. The third-order valence-corrected chi connectivity index (χ3v) is 2.86. The Hall–Kier alpha value is -2.13. The quantitative estimate of drug-likeness (QED) is 0.874. The van der Waals surface area contributed by atoms with Crippen molar-refractivity contribution < 1.29 is 4.39 Å². The summed E-state index contributed by atoms with van der Waals surface area (Å²) in [6.07, 6.45) is 0. The maximum atomic E-state index is 12.9. The van der Waals surface area contributed by atoms with Crippen LogP contribution in [0, 0.1) is 17.1 Å². The highest BCUT2D eigenvalue weighted by molar-refractivity contribution is 7.07. The van der Waals surface area contributed by atoms with Crippen LogP contribution in [0.2, 0.25) is 0 Å². The summed E-state index contributed by atoms with van der Waals surface area (Å²) >= 11 is 1.08. The number of nitrogens with one attached hydrogen (secondary N) is 2. The molecule has 2 N–H and O–H groups in total. The summed E-state index contributed by atoms with van der Waals surface area (Å²) in [7, 11) is 0. The number of aromatic amines is 1. The van der Waals surface area contributed by atoms with E-state index in [1.165, 1.54) is 18.2 Å². The number of H-pyrrole nitrogens is 1. The van der Waals surface area contributed by atoms with Gasteiger partial charge in [0.1, 0.15) is 11.9 Å². The molecule has 0 aliphatic carbocycles. The van der Waals surface area contributed by atoms with E-state index in [9.17, 15) is 9.18 Å². The van der Waals surface area contributed by atoms with E-state index in [0.29, 0.717) is 12.2 Å². The Morgan fingerprint density at radius 2 is 2.35 bits per heavy atom. The van der Waals surface area contributed by atoms with Crippen molar-refractivity contribution in [1.82, 2.24) is 4.98 Å². The van der Waals surface area contributed by atoms with E-state index in [4.69, 9.17) is 5.26 Å². The lowest BCUT2D eigenvalue weighted by Gasteiger charge is -2.06. The highest BCUT2D eigenvalue weighted by Gasteiger charge is 2.04. The van der Waals surface area contributed by atoms with Crippen LogP contribution in [0.5, 0.6) is 0 Å². The molecule has 1 heterocycles. The zero-order valence-corrected chi connectivity index (χ0v) is 9.47. The summed E-state index contributed by atoms with van der Waals surface area (Å²) in [6.45, 7) is 0.388. The Kier molecular flexibility index (Phi) is 3.21. The summed E-state index contributed by atoms with van der Waals surface area (Å²) < 4.78 is 12.9. The molecule has 0 saturated carbocycles. The van der Waals surface area contributed by atoms with Crippen molar-refractivity contribution in [3.05, 3.63) is 50.3 Å². The van der Waals surface area contributed by atoms with E-state index in [2.05, 4.69) is 10.3 Å². The molecule has 0 aliphatic heterocycles. The maximum Gasteiger partial charge on any atom is 0.304 e. The molecule has 0 atom stereocenters. The largest absolute Gasteiger partial charge is 0.378 e. The molecule has 0 amide bonds. The molecular weight excluding hydrogens is 241 g/mol. The fourth-order valence-corrected chi connectivity index (χ4v) is 1.94. The number of anilines is 1. The van der Waals surface area contributed by atoms with Crippen molar-refractivity contribution in [3.63, 3.8) is 0 Å². The summed E-state index contributed by atoms with van der Waals surface area (Å²) in [6, 6.07) is 5.85. The second kappa shape index (κ2) is 4.80. The summed E-state index contributed by atoms with van der Waals surface area (Å²) in [5, 5.41) is 13.5. The van der Waals surface area contributed by atoms with E-state index < -0.39 is 5.82 Å². The van der Waals surface area contributed by atoms with Crippen LogP contribution in [-0.2, 0) is 6.54 Å². The topological polar surface area (TPSA) is 68.7 Å². The van der Waals surface area contributed by atoms with Crippen LogP contribution < -0.4 is 10.2 Å². The van der Waals surface area contributed by atoms with Gasteiger partial charge in [0.25, 0.3) is 0 Å². The summed E-state index contributed by atoms with van der Waals surface area (Å²) in [4.78, 5) is 13.4. The van der Waals surface area contributed by atoms with Crippen molar-refractivity contribution in [2.24, 2.45) is 0 Å². The smallest absolute Gasteiger partial charge is 0.304 e. The second-order valence-electron chi connectivity index (χ2n) is 3.33. The van der Waals surface area contributed by atoms with E-state index >= 15 is 0 Å². The number of hydrogen-bond donors (Lipinski definition) is 2. The first-order chi connectivity index (χ1) is 8.19. The van der Waals surface area contributed by atoms with Gasteiger partial charge in [-0.3, -0.25) is 4.79 Å². The second-order valence-corrected chi connectivity index (χ2v) is 4.17. The number of halogens is 1. The molecule has 17 heavy (non-hydrogen) atoms. The number of nitriles is 1. The molecule has 0 spiro atoms. The zero-order valence-electron chi connectivity index (χ0n) is 8.66. The van der Waals surface area contributed by atoms with Crippen molar-refractivity contribution in [2.75, 3.05) is 5.32 Å². The van der Waals surface area contributed by atoms with Gasteiger partial charge in [0.2, 0.25) is 0 Å². The maximum absolute atomic E-state index is 12.9. The third-order valence-electron chi connectivity index (χ3n) is 2.14. The molecule has 0 radical (unpaired) electrons. The van der Waals surface area contributed by atoms with E-state index in [1.807, 2.05) is 6.07 Å². The molecule has 1 aromatic carbocycles. The van der Waals surface area contributed by atoms with E-state index in [0.717, 1.165) is 17.0 Å². The van der Waals surface area contributed by atoms with Crippen molar-refractivity contribution >= 4 is 17.0 Å². The molecule has 2 rings (SSSR count). The van der Waals surface area contributed by atoms with Crippen LogP contribution in [0.25, 0.3) is 0 Å². The SMILES string of the molecule is N#Cc1cc(F)ccc1NCc1csc(=O)[nH]1. The Morgan fingerprint density at radius 1 is 1.53 bits per heavy atom. The van der Waals surface area contributed by atoms with Gasteiger partial charge in [-0.15, -0.1) is 0 Å². The van der Waals surface area contributed by atoms with Gasteiger partial charge in [0.15, 0.2) is 0 Å². The van der Waals surface area contributed by atoms with Crippen LogP contribution in [0.3, 0.4) is 0 Å². The van der Waals surface area contributed by atoms with E-state index in [1.54, 1.807) is 5.38 Å². The number of benzene rings is 1. The Bertz CT molecular complexity index is 626. The molecular formula is C11H8FN3OS. The minimum atomic E-state index is -0.448. The van der Waals surface area contributed by atoms with Gasteiger partial charge >= 0.3 is 4.87 Å². The van der Waals surface area contributed by atoms with Crippen LogP contribution in [0.1, 0.15) is 11.3 Å². The van der Waals surface area contributed by atoms with E-state index in [-0.39, 0.29) is 10.4 Å². The standard InChI is InChI=1S/C11H8FN3OS/c12-8-1-2-10(7(3-8)4-13)14-5-9-6-17-11(16)15-9/h1-3,6,14H,5H2,(H,15,16). The Labute approximate surface area is 100 Å². The van der Waals surface area contributed by atoms with Gasteiger partial charge in [-0.25, -0.2) is 4.39 Å². The lowest BCUT2D eigenvalue weighted by Crippen LogP contribution is -2.04. The highest BCUT2D eigenvalue weighted by atomic mass is 32.1. The number of aromatic nitrogens is 1. The molecule has 86 valence electrons. The molecule has 0 saturated heterocycles. The lowest BCUT2D eigenvalue weighted by atomic mass is 10.2. The fourth-order valence-electron chi connectivity index (χ4n) is 1.35. The Balaban J connectivity index is 2.14. The van der Waals surface area contributed by atoms with Gasteiger partial charge in [-0.05, 0) is 18.2 Å². The predicted molar refractivity (Wildman–Crippen MR) is 63.4 cm³/mol. The van der Waals surface area contributed by atoms with Crippen molar-refractivity contribution in [2.45, 2.75) is 6.54 Å². The average molecular weight is 249 g/mol. The first kappa shape index (κ1) is 11.4. The number of hydrogen-bond acceptors (Lipinski definition) is 4. The third kappa shape index (κ3) is 2.71. The molecule has 2 aromatic rings. The molecule has 0 bridgehead atoms. The highest BCUT2D eigenvalue weighted by Crippen LogP contribution is 2.16. The first-order valence-corrected chi connectivity index (χ1v) is 5.67. The summed E-state index contributed by atoms with van der Waals surface area (Å²) in [5.74, 6) is -0.448. The predicted octanol–water partition coefficient (Wildman–Crippen LogP) is 2.06. The first-order valence-electron chi connectivity index (χ1n) is 4.79. The molecule has 0 unspecified atom stereocenters. The number of thiazole rings is 1. The van der Waals surface area contributed by atoms with Gasteiger partial charge in [-0.2, -0.15) is 5.26 Å². The van der Waals surface area contributed by atoms with Crippen LogP contribution in [-0.4, -0.2) is 4.98 Å². The molecule has 0 fully saturated rings. The lowest BCUT2D eigenvalue weighted by molar-refractivity contribution is 0.627. The van der Waals surface area contributed by atoms with Crippen molar-refractivity contribution in [3.8, 4) is 6.07 Å². The summed E-state index contributed by atoms with van der Waals surface area (Å²) in [5.41, 5.74) is 1.51. The van der Waals surface area contributed by atoms with Gasteiger partial charge in [0.05, 0.1) is 17.8 Å². The van der Waals surface area contributed by atoms with Gasteiger partial charge < -0.3 is 10.3 Å². The number of nitrogens with zero attached hydrogens (tertiary/aromatic N) is 1. The normalized spacial score (nSPS) is 9.88. The molecule has 1 aromatic heterocycles. The van der Waals surface area contributed by atoms with Gasteiger partial charge in [0, 0.05) is 11.1 Å². The average Bonchev–Trinajstić information content (AvgIpc) is 2.73. The molecule has 0 aliphatic rings. The van der Waals surface area contributed by atoms with Crippen LogP contribution >= 0.6 is 11.3 Å². The van der Waals surface area contributed by atoms with Gasteiger partial charge in [-0.1, -0.05) is 11.3 Å². The molecule has 6 heteroatoms. The van der Waals surface area contributed by atoms with Crippen LogP contribution in [0.4, 0.5) is 10.1 Å². The minimum Gasteiger partial charge on any atom is -0.378 e. The Morgan fingerprint density at radius 3 is 3.00 bits per heavy atom. The molecule has 4 nitrogen and oxygen atoms in total. The fraction of sp³-hybridized carbons (Fsp3) is 0.0909. The van der Waals surface area contributed by atoms with Crippen LogP contribution in [0.15, 0.2) is 28.4 Å². The number of rotatable bonds is 3. The zero-order chi connectivity index (χ0) is 12.3. The van der Waals surface area contributed by atoms with Crippen molar-refractivity contribution in [1.29, 1.82) is 5.26 Å².